The second kappa shape index (κ2) is 5.79. The number of aromatic nitrogens is 4. The smallest absolute Gasteiger partial charge is 0.166 e. The molecule has 0 aliphatic carbocycles. The highest BCUT2D eigenvalue weighted by molar-refractivity contribution is 7.98. The molecular formula is C15H13ClN4S. The van der Waals surface area contributed by atoms with Crippen LogP contribution in [0.25, 0.3) is 22.1 Å². The number of rotatable bonds is 3. The molecule has 0 saturated heterocycles. The van der Waals surface area contributed by atoms with E-state index in [1.165, 1.54) is 0 Å². The van der Waals surface area contributed by atoms with Crippen LogP contribution in [0.15, 0.2) is 53.7 Å². The maximum absolute atomic E-state index is 4.56. The number of benzene rings is 2. The highest BCUT2D eigenvalue weighted by atomic mass is 35.5. The normalized spacial score (nSPS) is 10.9. The standard InChI is InChI=1S/C15H12N4S.ClH/c1-2-6-11-10(5-1)16-14(17-11)9-20-15-18-12-7-3-4-8-13(12)19-15;/h1-8H,9H2,(H,16,17)(H,18,19);1H. The van der Waals surface area contributed by atoms with Crippen LogP contribution in [0.1, 0.15) is 5.82 Å². The van der Waals surface area contributed by atoms with E-state index in [1.54, 1.807) is 11.8 Å². The number of nitrogens with one attached hydrogen (secondary N) is 2. The lowest BCUT2D eigenvalue weighted by Crippen LogP contribution is -1.84. The van der Waals surface area contributed by atoms with Gasteiger partial charge in [-0.15, -0.1) is 12.4 Å². The van der Waals surface area contributed by atoms with Gasteiger partial charge in [0.25, 0.3) is 0 Å². The molecule has 4 rings (SSSR count). The van der Waals surface area contributed by atoms with Gasteiger partial charge >= 0.3 is 0 Å². The summed E-state index contributed by atoms with van der Waals surface area (Å²) in [5.41, 5.74) is 4.15. The van der Waals surface area contributed by atoms with Gasteiger partial charge in [0.15, 0.2) is 5.16 Å². The van der Waals surface area contributed by atoms with Crippen molar-refractivity contribution in [2.24, 2.45) is 0 Å². The minimum absolute atomic E-state index is 0. The Hall–Kier alpha value is -1.98. The Morgan fingerprint density at radius 1 is 0.810 bits per heavy atom. The molecule has 6 heteroatoms. The van der Waals surface area contributed by atoms with Gasteiger partial charge < -0.3 is 9.97 Å². The summed E-state index contributed by atoms with van der Waals surface area (Å²) in [6.07, 6.45) is 0. The molecule has 21 heavy (non-hydrogen) atoms. The third-order valence-corrected chi connectivity index (χ3v) is 4.04. The predicted octanol–water partition coefficient (Wildman–Crippen LogP) is 4.15. The molecule has 0 unspecified atom stereocenters. The molecule has 4 nitrogen and oxygen atoms in total. The first kappa shape index (κ1) is 14.0. The highest BCUT2D eigenvalue weighted by Crippen LogP contribution is 2.23. The van der Waals surface area contributed by atoms with Gasteiger partial charge in [-0.25, -0.2) is 9.97 Å². The summed E-state index contributed by atoms with van der Waals surface area (Å²) in [4.78, 5) is 15.7. The van der Waals surface area contributed by atoms with Crippen molar-refractivity contribution < 1.29 is 0 Å². The number of nitrogens with zero attached hydrogens (tertiary/aromatic N) is 2. The molecule has 106 valence electrons. The largest absolute Gasteiger partial charge is 0.341 e. The summed E-state index contributed by atoms with van der Waals surface area (Å²) < 4.78 is 0. The van der Waals surface area contributed by atoms with Gasteiger partial charge in [-0.2, -0.15) is 0 Å². The number of H-pyrrole nitrogens is 2. The van der Waals surface area contributed by atoms with Crippen molar-refractivity contribution in [2.45, 2.75) is 10.9 Å². The van der Waals surface area contributed by atoms with E-state index in [-0.39, 0.29) is 12.4 Å². The molecule has 2 aromatic carbocycles. The minimum Gasteiger partial charge on any atom is -0.341 e. The summed E-state index contributed by atoms with van der Waals surface area (Å²) >= 11 is 1.65. The van der Waals surface area contributed by atoms with Gasteiger partial charge in [0, 0.05) is 0 Å². The number of hydrogen-bond acceptors (Lipinski definition) is 3. The fourth-order valence-electron chi connectivity index (χ4n) is 2.21. The monoisotopic (exact) mass is 316 g/mol. The molecule has 2 heterocycles. The van der Waals surface area contributed by atoms with Crippen molar-refractivity contribution in [1.82, 2.24) is 19.9 Å². The molecule has 0 aliphatic rings. The van der Waals surface area contributed by atoms with Crippen molar-refractivity contribution in [1.29, 1.82) is 0 Å². The van der Waals surface area contributed by atoms with Crippen LogP contribution in [0.3, 0.4) is 0 Å². The van der Waals surface area contributed by atoms with Gasteiger partial charge in [0.05, 0.1) is 27.8 Å². The lowest BCUT2D eigenvalue weighted by molar-refractivity contribution is 1.06. The van der Waals surface area contributed by atoms with E-state index < -0.39 is 0 Å². The van der Waals surface area contributed by atoms with Gasteiger partial charge in [0.2, 0.25) is 0 Å². The molecule has 0 atom stereocenters. The molecule has 0 saturated carbocycles. The molecule has 0 spiro atoms. The Balaban J connectivity index is 0.00000132. The summed E-state index contributed by atoms with van der Waals surface area (Å²) in [7, 11) is 0. The maximum Gasteiger partial charge on any atom is 0.166 e. The van der Waals surface area contributed by atoms with Crippen LogP contribution in [-0.2, 0) is 5.75 Å². The van der Waals surface area contributed by atoms with Crippen molar-refractivity contribution >= 4 is 46.2 Å². The van der Waals surface area contributed by atoms with E-state index in [2.05, 4.69) is 19.9 Å². The molecule has 2 aromatic heterocycles. The van der Waals surface area contributed by atoms with Crippen molar-refractivity contribution in [3.8, 4) is 0 Å². The third kappa shape index (κ3) is 2.75. The number of halogens is 1. The van der Waals surface area contributed by atoms with E-state index in [0.29, 0.717) is 0 Å². The number of imidazole rings is 2. The second-order valence-electron chi connectivity index (χ2n) is 4.55. The van der Waals surface area contributed by atoms with Crippen molar-refractivity contribution in [3.63, 3.8) is 0 Å². The Morgan fingerprint density at radius 2 is 1.43 bits per heavy atom. The van der Waals surface area contributed by atoms with E-state index in [0.717, 1.165) is 38.8 Å². The molecule has 0 radical (unpaired) electrons. The Kier molecular flexibility index (Phi) is 3.86. The van der Waals surface area contributed by atoms with E-state index >= 15 is 0 Å². The van der Waals surface area contributed by atoms with Crippen LogP contribution in [0, 0.1) is 0 Å². The van der Waals surface area contributed by atoms with E-state index in [1.807, 2.05) is 48.5 Å². The molecule has 0 aliphatic heterocycles. The van der Waals surface area contributed by atoms with Crippen LogP contribution >= 0.6 is 24.2 Å². The van der Waals surface area contributed by atoms with E-state index in [4.69, 9.17) is 0 Å². The van der Waals surface area contributed by atoms with Gasteiger partial charge in [0.1, 0.15) is 5.82 Å². The van der Waals surface area contributed by atoms with Crippen LogP contribution < -0.4 is 0 Å². The lowest BCUT2D eigenvalue weighted by atomic mass is 10.3. The SMILES string of the molecule is Cl.c1ccc2[nH]c(CSc3nc4ccccc4[nH]3)nc2c1. The van der Waals surface area contributed by atoms with Gasteiger partial charge in [-0.05, 0) is 24.3 Å². The first-order chi connectivity index (χ1) is 9.88. The summed E-state index contributed by atoms with van der Waals surface area (Å²) in [6.45, 7) is 0. The zero-order valence-corrected chi connectivity index (χ0v) is 12.7. The fourth-order valence-corrected chi connectivity index (χ4v) is 2.96. The number of aromatic amines is 2. The zero-order chi connectivity index (χ0) is 13.4. The number of hydrogen-bond donors (Lipinski definition) is 2. The number of para-hydroxylation sites is 4. The summed E-state index contributed by atoms with van der Waals surface area (Å²) in [5, 5.41) is 0.923. The van der Waals surface area contributed by atoms with Gasteiger partial charge in [-0.3, -0.25) is 0 Å². The van der Waals surface area contributed by atoms with Crippen LogP contribution in [-0.4, -0.2) is 19.9 Å². The topological polar surface area (TPSA) is 57.4 Å². The highest BCUT2D eigenvalue weighted by Gasteiger charge is 2.06. The van der Waals surface area contributed by atoms with Crippen molar-refractivity contribution in [2.75, 3.05) is 0 Å². The Bertz CT molecular complexity index is 743. The first-order valence-electron chi connectivity index (χ1n) is 6.40. The molecule has 0 bridgehead atoms. The molecule has 2 N–H and O–H groups in total. The predicted molar refractivity (Wildman–Crippen MR) is 89.0 cm³/mol. The quantitative estimate of drug-likeness (QED) is 0.558. The summed E-state index contributed by atoms with van der Waals surface area (Å²) in [6, 6.07) is 16.1. The van der Waals surface area contributed by atoms with Gasteiger partial charge in [-0.1, -0.05) is 36.0 Å². The molecule has 0 fully saturated rings. The fraction of sp³-hybridized carbons (Fsp3) is 0.0667. The lowest BCUT2D eigenvalue weighted by Gasteiger charge is -1.93. The summed E-state index contributed by atoms with van der Waals surface area (Å²) in [5.74, 6) is 1.74. The third-order valence-electron chi connectivity index (χ3n) is 3.15. The van der Waals surface area contributed by atoms with E-state index in [9.17, 15) is 0 Å². The van der Waals surface area contributed by atoms with Crippen molar-refractivity contribution in [3.05, 3.63) is 54.4 Å². The first-order valence-corrected chi connectivity index (χ1v) is 7.38. The number of fused-ring (bicyclic) bond motifs is 2. The van der Waals surface area contributed by atoms with Crippen LogP contribution in [0.5, 0.6) is 0 Å². The van der Waals surface area contributed by atoms with Crippen LogP contribution in [0.2, 0.25) is 0 Å². The zero-order valence-electron chi connectivity index (χ0n) is 11.0. The molecule has 0 amide bonds. The average molecular weight is 317 g/mol. The Morgan fingerprint density at radius 3 is 2.10 bits per heavy atom. The average Bonchev–Trinajstić information content (AvgIpc) is 3.07. The Labute approximate surface area is 131 Å². The molecule has 4 aromatic rings. The van der Waals surface area contributed by atoms with Crippen LogP contribution in [0.4, 0.5) is 0 Å². The minimum atomic E-state index is 0. The maximum atomic E-state index is 4.56. The number of thioether (sulfide) groups is 1. The molecular weight excluding hydrogens is 304 g/mol. The second-order valence-corrected chi connectivity index (χ2v) is 5.51.